The van der Waals surface area contributed by atoms with Gasteiger partial charge in [0.25, 0.3) is 0 Å². The minimum absolute atomic E-state index is 0.563. The molecule has 1 aromatic carbocycles. The molecule has 1 aliphatic heterocycles. The molecule has 0 aromatic heterocycles. The van der Waals surface area contributed by atoms with Crippen molar-refractivity contribution >= 4 is 5.69 Å². The van der Waals surface area contributed by atoms with Gasteiger partial charge in [-0.3, -0.25) is 0 Å². The molecule has 1 fully saturated rings. The maximum Gasteiger partial charge on any atom is 0.120 e. The number of piperidine rings is 1. The molecule has 1 unspecified atom stereocenters. The Morgan fingerprint density at radius 3 is 3.12 bits per heavy atom. The Bertz CT molecular complexity index is 362. The van der Waals surface area contributed by atoms with E-state index in [9.17, 15) is 5.11 Å². The minimum atomic E-state index is -0.638. The number of hydrogen-bond donors (Lipinski definition) is 3. The van der Waals surface area contributed by atoms with Gasteiger partial charge in [0.05, 0.1) is 12.7 Å². The van der Waals surface area contributed by atoms with E-state index >= 15 is 0 Å². The van der Waals surface area contributed by atoms with Crippen LogP contribution < -0.4 is 15.4 Å². The standard InChI is InChI=1S/C13H20N2O2/c1-17-12-5-2-4-11(8-12)15-10-13(16)6-3-7-14-9-13/h2,4-5,8,14-16H,3,6-7,9-10H2,1H3. The van der Waals surface area contributed by atoms with Crippen LogP contribution in [0.4, 0.5) is 5.69 Å². The van der Waals surface area contributed by atoms with Crippen LogP contribution in [0.3, 0.4) is 0 Å². The van der Waals surface area contributed by atoms with Crippen molar-refractivity contribution in [1.29, 1.82) is 0 Å². The van der Waals surface area contributed by atoms with Crippen LogP contribution in [0.1, 0.15) is 12.8 Å². The molecule has 0 aliphatic carbocycles. The molecule has 17 heavy (non-hydrogen) atoms. The first-order valence-electron chi connectivity index (χ1n) is 6.03. The third-order valence-electron chi connectivity index (χ3n) is 3.14. The Kier molecular flexibility index (Phi) is 3.86. The highest BCUT2D eigenvalue weighted by atomic mass is 16.5. The minimum Gasteiger partial charge on any atom is -0.497 e. The fourth-order valence-electron chi connectivity index (χ4n) is 2.10. The largest absolute Gasteiger partial charge is 0.497 e. The summed E-state index contributed by atoms with van der Waals surface area (Å²) in [5.74, 6) is 0.823. The van der Waals surface area contributed by atoms with Crippen molar-refractivity contribution in [3.8, 4) is 5.75 Å². The predicted octanol–water partition coefficient (Wildman–Crippen LogP) is 1.22. The second-order valence-electron chi connectivity index (χ2n) is 4.59. The number of aliphatic hydroxyl groups is 1. The highest BCUT2D eigenvalue weighted by molar-refractivity contribution is 5.48. The molecule has 2 rings (SSSR count). The van der Waals surface area contributed by atoms with Gasteiger partial charge in [0.15, 0.2) is 0 Å². The summed E-state index contributed by atoms with van der Waals surface area (Å²) in [4.78, 5) is 0. The van der Waals surface area contributed by atoms with Crippen molar-refractivity contribution in [3.05, 3.63) is 24.3 Å². The van der Waals surface area contributed by atoms with E-state index < -0.39 is 5.60 Å². The molecular formula is C13H20N2O2. The quantitative estimate of drug-likeness (QED) is 0.736. The van der Waals surface area contributed by atoms with E-state index in [-0.39, 0.29) is 0 Å². The summed E-state index contributed by atoms with van der Waals surface area (Å²) in [7, 11) is 1.65. The van der Waals surface area contributed by atoms with Gasteiger partial charge in [0.1, 0.15) is 5.75 Å². The first-order chi connectivity index (χ1) is 8.22. The summed E-state index contributed by atoms with van der Waals surface area (Å²) in [6.45, 7) is 2.22. The molecule has 1 atom stereocenters. The normalized spacial score (nSPS) is 24.4. The SMILES string of the molecule is COc1cccc(NCC2(O)CCCNC2)c1. The van der Waals surface area contributed by atoms with Crippen molar-refractivity contribution in [2.24, 2.45) is 0 Å². The van der Waals surface area contributed by atoms with Gasteiger partial charge in [-0.1, -0.05) is 6.07 Å². The van der Waals surface area contributed by atoms with E-state index in [1.54, 1.807) is 7.11 Å². The van der Waals surface area contributed by atoms with Crippen molar-refractivity contribution in [1.82, 2.24) is 5.32 Å². The molecule has 1 aromatic rings. The topological polar surface area (TPSA) is 53.5 Å². The molecule has 1 aliphatic rings. The molecule has 4 heteroatoms. The maximum atomic E-state index is 10.3. The van der Waals surface area contributed by atoms with E-state index in [1.807, 2.05) is 24.3 Å². The van der Waals surface area contributed by atoms with Crippen LogP contribution in [0.25, 0.3) is 0 Å². The van der Waals surface area contributed by atoms with Gasteiger partial charge in [0, 0.05) is 24.8 Å². The van der Waals surface area contributed by atoms with Gasteiger partial charge >= 0.3 is 0 Å². The van der Waals surface area contributed by atoms with E-state index in [1.165, 1.54) is 0 Å². The van der Waals surface area contributed by atoms with Gasteiger partial charge in [-0.25, -0.2) is 0 Å². The number of rotatable bonds is 4. The number of anilines is 1. The molecule has 4 nitrogen and oxygen atoms in total. The Balaban J connectivity index is 1.92. The molecule has 1 heterocycles. The Morgan fingerprint density at radius 2 is 2.41 bits per heavy atom. The highest BCUT2D eigenvalue weighted by Crippen LogP contribution is 2.20. The number of methoxy groups -OCH3 is 1. The van der Waals surface area contributed by atoms with Crippen molar-refractivity contribution in [2.75, 3.05) is 32.1 Å². The van der Waals surface area contributed by atoms with Crippen LogP contribution in [0.5, 0.6) is 5.75 Å². The molecule has 0 saturated carbocycles. The second-order valence-corrected chi connectivity index (χ2v) is 4.59. The Hall–Kier alpha value is -1.26. The van der Waals surface area contributed by atoms with E-state index in [0.29, 0.717) is 13.1 Å². The van der Waals surface area contributed by atoms with Crippen molar-refractivity contribution in [3.63, 3.8) is 0 Å². The summed E-state index contributed by atoms with van der Waals surface area (Å²) in [6.07, 6.45) is 1.87. The molecule has 94 valence electrons. The lowest BCUT2D eigenvalue weighted by atomic mass is 9.94. The molecule has 0 amide bonds. The van der Waals surface area contributed by atoms with Gasteiger partial charge in [-0.15, -0.1) is 0 Å². The van der Waals surface area contributed by atoms with Crippen LogP contribution in [-0.2, 0) is 0 Å². The van der Waals surface area contributed by atoms with Crippen LogP contribution in [-0.4, -0.2) is 37.5 Å². The maximum absolute atomic E-state index is 10.3. The molecular weight excluding hydrogens is 216 g/mol. The summed E-state index contributed by atoms with van der Waals surface area (Å²) in [5, 5.41) is 16.8. The molecule has 0 spiro atoms. The smallest absolute Gasteiger partial charge is 0.120 e. The first kappa shape index (κ1) is 12.2. The lowest BCUT2D eigenvalue weighted by Crippen LogP contribution is -2.50. The van der Waals surface area contributed by atoms with E-state index in [2.05, 4.69) is 10.6 Å². The number of benzene rings is 1. The number of hydrogen-bond acceptors (Lipinski definition) is 4. The summed E-state index contributed by atoms with van der Waals surface area (Å²) >= 11 is 0. The van der Waals surface area contributed by atoms with Crippen LogP contribution in [0.2, 0.25) is 0 Å². The fraction of sp³-hybridized carbons (Fsp3) is 0.538. The average Bonchev–Trinajstić information content (AvgIpc) is 2.38. The number of ether oxygens (including phenoxy) is 1. The van der Waals surface area contributed by atoms with Crippen molar-refractivity contribution < 1.29 is 9.84 Å². The van der Waals surface area contributed by atoms with E-state index in [4.69, 9.17) is 4.74 Å². The lowest BCUT2D eigenvalue weighted by Gasteiger charge is -2.33. The van der Waals surface area contributed by atoms with Gasteiger partial charge in [-0.2, -0.15) is 0 Å². The lowest BCUT2D eigenvalue weighted by molar-refractivity contribution is 0.0292. The second kappa shape index (κ2) is 5.38. The molecule has 0 radical (unpaired) electrons. The molecule has 0 bridgehead atoms. The van der Waals surface area contributed by atoms with Crippen LogP contribution >= 0.6 is 0 Å². The first-order valence-corrected chi connectivity index (χ1v) is 6.03. The average molecular weight is 236 g/mol. The molecule has 1 saturated heterocycles. The van der Waals surface area contributed by atoms with Gasteiger partial charge < -0.3 is 20.5 Å². The summed E-state index contributed by atoms with van der Waals surface area (Å²) < 4.78 is 5.16. The zero-order valence-corrected chi connectivity index (χ0v) is 10.2. The Morgan fingerprint density at radius 1 is 1.53 bits per heavy atom. The summed E-state index contributed by atoms with van der Waals surface area (Å²) in [6, 6.07) is 7.74. The predicted molar refractivity (Wildman–Crippen MR) is 68.5 cm³/mol. The highest BCUT2D eigenvalue weighted by Gasteiger charge is 2.28. The van der Waals surface area contributed by atoms with Gasteiger partial charge in [0.2, 0.25) is 0 Å². The van der Waals surface area contributed by atoms with Gasteiger partial charge in [-0.05, 0) is 31.5 Å². The zero-order valence-electron chi connectivity index (χ0n) is 10.2. The Labute approximate surface area is 102 Å². The fourth-order valence-corrected chi connectivity index (χ4v) is 2.10. The third-order valence-corrected chi connectivity index (χ3v) is 3.14. The van der Waals surface area contributed by atoms with Crippen LogP contribution in [0, 0.1) is 0 Å². The monoisotopic (exact) mass is 236 g/mol. The third kappa shape index (κ3) is 3.35. The van der Waals surface area contributed by atoms with Crippen molar-refractivity contribution in [2.45, 2.75) is 18.4 Å². The molecule has 3 N–H and O–H groups in total. The summed E-state index contributed by atoms with van der Waals surface area (Å²) in [5.41, 5.74) is 0.338. The number of β-amino-alcohol motifs (C(OH)–C–C–N with tert-alkyl or cyclic N) is 1. The zero-order chi connectivity index (χ0) is 12.1. The van der Waals surface area contributed by atoms with Crippen LogP contribution in [0.15, 0.2) is 24.3 Å². The van der Waals surface area contributed by atoms with E-state index in [0.717, 1.165) is 30.8 Å². The number of nitrogens with one attached hydrogen (secondary N) is 2.